The van der Waals surface area contributed by atoms with Gasteiger partial charge in [0.15, 0.2) is 6.10 Å². The lowest BCUT2D eigenvalue weighted by atomic mass is 10.1. The molecule has 0 bridgehead atoms. The maximum Gasteiger partial charge on any atom is 0.306 e. The predicted octanol–water partition coefficient (Wildman–Crippen LogP) is 18.2. The zero-order chi connectivity index (χ0) is 47.2. The second kappa shape index (κ2) is 53.5. The van der Waals surface area contributed by atoms with E-state index in [9.17, 15) is 14.4 Å². The first kappa shape index (κ1) is 61.9. The quantitative estimate of drug-likeness (QED) is 0.0199. The van der Waals surface area contributed by atoms with Gasteiger partial charge in [0.1, 0.15) is 13.2 Å². The number of carbonyl (C=O) groups is 3. The molecule has 0 rings (SSSR count). The summed E-state index contributed by atoms with van der Waals surface area (Å²) in [4.78, 5) is 38.1. The van der Waals surface area contributed by atoms with Crippen molar-refractivity contribution in [3.05, 3.63) is 72.9 Å². The van der Waals surface area contributed by atoms with Crippen LogP contribution in [0.2, 0.25) is 0 Å². The normalized spacial score (nSPS) is 12.6. The molecule has 6 nitrogen and oxygen atoms in total. The molecule has 0 spiro atoms. The van der Waals surface area contributed by atoms with E-state index in [0.29, 0.717) is 19.3 Å². The molecule has 6 heteroatoms. The molecule has 0 aromatic rings. The molecule has 0 amide bonds. The van der Waals surface area contributed by atoms with Crippen LogP contribution in [0.4, 0.5) is 0 Å². The van der Waals surface area contributed by atoms with Gasteiger partial charge in [-0.15, -0.1) is 0 Å². The summed E-state index contributed by atoms with van der Waals surface area (Å²) in [6.07, 6.45) is 67.4. The summed E-state index contributed by atoms with van der Waals surface area (Å²) in [5.41, 5.74) is 0. The van der Waals surface area contributed by atoms with E-state index in [1.54, 1.807) is 0 Å². The molecule has 65 heavy (non-hydrogen) atoms. The van der Waals surface area contributed by atoms with E-state index >= 15 is 0 Å². The van der Waals surface area contributed by atoms with Crippen molar-refractivity contribution in [2.75, 3.05) is 13.2 Å². The van der Waals surface area contributed by atoms with Crippen molar-refractivity contribution in [2.24, 2.45) is 0 Å². The summed E-state index contributed by atoms with van der Waals surface area (Å²) >= 11 is 0. The molecule has 1 atom stereocenters. The lowest BCUT2D eigenvalue weighted by Crippen LogP contribution is -2.30. The summed E-state index contributed by atoms with van der Waals surface area (Å²) in [6.45, 7) is 6.46. The van der Waals surface area contributed by atoms with Gasteiger partial charge in [-0.1, -0.05) is 229 Å². The van der Waals surface area contributed by atoms with Gasteiger partial charge in [-0.05, 0) is 89.9 Å². The molecule has 0 aromatic heterocycles. The zero-order valence-corrected chi connectivity index (χ0v) is 42.7. The van der Waals surface area contributed by atoms with Crippen molar-refractivity contribution in [2.45, 2.75) is 271 Å². The molecule has 0 aliphatic rings. The average molecular weight is 907 g/mol. The van der Waals surface area contributed by atoms with E-state index in [2.05, 4.69) is 93.7 Å². The molecule has 0 saturated heterocycles. The predicted molar refractivity (Wildman–Crippen MR) is 279 cm³/mol. The van der Waals surface area contributed by atoms with E-state index in [-0.39, 0.29) is 31.1 Å². The summed E-state index contributed by atoms with van der Waals surface area (Å²) in [5.74, 6) is -0.914. The average Bonchev–Trinajstić information content (AvgIpc) is 3.30. The number of ether oxygens (including phenoxy) is 3. The Morgan fingerprint density at radius 2 is 0.615 bits per heavy atom. The first-order chi connectivity index (χ1) is 32.0. The molecule has 0 aliphatic carbocycles. The molecular formula is C59H102O6. The van der Waals surface area contributed by atoms with Gasteiger partial charge in [0, 0.05) is 19.3 Å². The number of hydrogen-bond acceptors (Lipinski definition) is 6. The lowest BCUT2D eigenvalue weighted by molar-refractivity contribution is -0.167. The van der Waals surface area contributed by atoms with Gasteiger partial charge in [0.2, 0.25) is 0 Å². The number of unbranched alkanes of at least 4 members (excludes halogenated alkanes) is 29. The Labute approximate surface area is 402 Å². The third-order valence-corrected chi connectivity index (χ3v) is 11.8. The molecule has 0 radical (unpaired) electrons. The van der Waals surface area contributed by atoms with Crippen LogP contribution in [-0.2, 0) is 28.6 Å². The molecule has 0 fully saturated rings. The van der Waals surface area contributed by atoms with Crippen molar-refractivity contribution in [1.82, 2.24) is 0 Å². The van der Waals surface area contributed by atoms with Crippen molar-refractivity contribution >= 4 is 17.9 Å². The van der Waals surface area contributed by atoms with Gasteiger partial charge in [-0.2, -0.15) is 0 Å². The minimum atomic E-state index is -0.789. The molecule has 374 valence electrons. The zero-order valence-electron chi connectivity index (χ0n) is 42.7. The summed E-state index contributed by atoms with van der Waals surface area (Å²) in [5, 5.41) is 0. The lowest BCUT2D eigenvalue weighted by Gasteiger charge is -2.18. The van der Waals surface area contributed by atoms with E-state index < -0.39 is 6.10 Å². The first-order valence-electron chi connectivity index (χ1n) is 27.5. The standard InChI is InChI=1S/C59H102O6/c1-4-7-10-13-16-19-22-25-27-28-29-30-32-34-37-40-43-46-49-52-58(61)64-55-56(54-63-57(60)51-48-45-42-39-36-33-24-21-18-15-12-9-6-3)65-59(62)53-50-47-44-41-38-35-31-26-23-20-17-14-11-8-5-2/h8,11,14,16-17,19-20,22-23,25,33,36,56H,4-7,9-10,12-13,15,18,21,24,26-32,34-35,37-55H2,1-3H3/b11-8-,17-14-,19-16-,23-20-,25-22-,36-33-. The maximum absolute atomic E-state index is 12.8. The highest BCUT2D eigenvalue weighted by molar-refractivity contribution is 5.71. The molecule has 0 aliphatic heterocycles. The smallest absolute Gasteiger partial charge is 0.306 e. The van der Waals surface area contributed by atoms with Crippen LogP contribution in [0.5, 0.6) is 0 Å². The van der Waals surface area contributed by atoms with Crippen LogP contribution in [0.3, 0.4) is 0 Å². The minimum absolute atomic E-state index is 0.0865. The monoisotopic (exact) mass is 907 g/mol. The first-order valence-corrected chi connectivity index (χ1v) is 27.5. The second-order valence-corrected chi connectivity index (χ2v) is 18.2. The highest BCUT2D eigenvalue weighted by Gasteiger charge is 2.19. The summed E-state index contributed by atoms with van der Waals surface area (Å²) < 4.78 is 16.8. The SMILES string of the molecule is CC\C=C/C=C\C=C/CCCCCCCCCC(=O)OC(COC(=O)CCCCC/C=C\CCCCCCCC)COC(=O)CCCCCCCCCCCC/C=C\C=C/CCCCC. The van der Waals surface area contributed by atoms with Crippen molar-refractivity contribution in [1.29, 1.82) is 0 Å². The highest BCUT2D eigenvalue weighted by atomic mass is 16.6. The van der Waals surface area contributed by atoms with Crippen molar-refractivity contribution < 1.29 is 28.6 Å². The Morgan fingerprint density at radius 3 is 1.03 bits per heavy atom. The van der Waals surface area contributed by atoms with Crippen LogP contribution in [0, 0.1) is 0 Å². The van der Waals surface area contributed by atoms with Gasteiger partial charge in [-0.25, -0.2) is 0 Å². The van der Waals surface area contributed by atoms with Crippen LogP contribution in [0.15, 0.2) is 72.9 Å². The summed E-state index contributed by atoms with van der Waals surface area (Å²) in [6, 6.07) is 0. The number of allylic oxidation sites excluding steroid dienone is 12. The minimum Gasteiger partial charge on any atom is -0.462 e. The van der Waals surface area contributed by atoms with Gasteiger partial charge < -0.3 is 14.2 Å². The molecule has 0 saturated carbocycles. The topological polar surface area (TPSA) is 78.9 Å². The van der Waals surface area contributed by atoms with Crippen LogP contribution in [-0.4, -0.2) is 37.2 Å². The second-order valence-electron chi connectivity index (χ2n) is 18.2. The Hall–Kier alpha value is -3.15. The van der Waals surface area contributed by atoms with Gasteiger partial charge in [0.05, 0.1) is 0 Å². The Balaban J connectivity index is 4.38. The van der Waals surface area contributed by atoms with Gasteiger partial charge in [0.25, 0.3) is 0 Å². The molecule has 1 unspecified atom stereocenters. The fourth-order valence-electron chi connectivity index (χ4n) is 7.60. The van der Waals surface area contributed by atoms with E-state index in [0.717, 1.165) is 83.5 Å². The number of esters is 3. The van der Waals surface area contributed by atoms with E-state index in [1.165, 1.54) is 141 Å². The Bertz CT molecular complexity index is 1230. The fourth-order valence-corrected chi connectivity index (χ4v) is 7.60. The largest absolute Gasteiger partial charge is 0.462 e. The third-order valence-electron chi connectivity index (χ3n) is 11.8. The molecular weight excluding hydrogens is 805 g/mol. The van der Waals surface area contributed by atoms with E-state index in [4.69, 9.17) is 14.2 Å². The Kier molecular flexibility index (Phi) is 50.9. The molecule has 0 aromatic carbocycles. The van der Waals surface area contributed by atoms with E-state index in [1.807, 2.05) is 0 Å². The fraction of sp³-hybridized carbons (Fsp3) is 0.746. The maximum atomic E-state index is 12.8. The van der Waals surface area contributed by atoms with Gasteiger partial charge in [-0.3, -0.25) is 14.4 Å². The third kappa shape index (κ3) is 51.7. The van der Waals surface area contributed by atoms with Gasteiger partial charge >= 0.3 is 17.9 Å². The highest BCUT2D eigenvalue weighted by Crippen LogP contribution is 2.15. The summed E-state index contributed by atoms with van der Waals surface area (Å²) in [7, 11) is 0. The number of hydrogen-bond donors (Lipinski definition) is 0. The van der Waals surface area contributed by atoms with Crippen LogP contribution >= 0.6 is 0 Å². The Morgan fingerprint density at radius 1 is 0.323 bits per heavy atom. The molecule has 0 N–H and O–H groups in total. The van der Waals surface area contributed by atoms with Crippen molar-refractivity contribution in [3.8, 4) is 0 Å². The number of rotatable bonds is 49. The number of carbonyl (C=O) groups excluding carboxylic acids is 3. The molecule has 0 heterocycles. The van der Waals surface area contributed by atoms with Crippen molar-refractivity contribution in [3.63, 3.8) is 0 Å². The van der Waals surface area contributed by atoms with Crippen LogP contribution in [0.1, 0.15) is 265 Å². The van der Waals surface area contributed by atoms with Crippen LogP contribution in [0.25, 0.3) is 0 Å². The van der Waals surface area contributed by atoms with Crippen LogP contribution < -0.4 is 0 Å².